The highest BCUT2D eigenvalue weighted by Gasteiger charge is 2.06. The van der Waals surface area contributed by atoms with Crippen molar-refractivity contribution in [2.24, 2.45) is 0 Å². The Bertz CT molecular complexity index is 577. The maximum Gasteiger partial charge on any atom is 0.181 e. The summed E-state index contributed by atoms with van der Waals surface area (Å²) in [5, 5.41) is 16.7. The van der Waals surface area contributed by atoms with Crippen molar-refractivity contribution in [3.05, 3.63) is 42.7 Å². The van der Waals surface area contributed by atoms with E-state index in [9.17, 15) is 5.11 Å². The van der Waals surface area contributed by atoms with Crippen molar-refractivity contribution >= 4 is 0 Å². The third kappa shape index (κ3) is 5.35. The smallest absolute Gasteiger partial charge is 0.181 e. The molecular weight excluding hydrogens is 274 g/mol. The van der Waals surface area contributed by atoms with E-state index in [1.807, 2.05) is 12.1 Å². The van der Waals surface area contributed by atoms with Gasteiger partial charge in [-0.2, -0.15) is 5.10 Å². The van der Waals surface area contributed by atoms with E-state index in [1.54, 1.807) is 18.2 Å². The lowest BCUT2D eigenvalue weighted by molar-refractivity contribution is 0.475. The number of aromatic nitrogens is 3. The van der Waals surface area contributed by atoms with Crippen molar-refractivity contribution in [2.45, 2.75) is 51.4 Å². The third-order valence-corrected chi connectivity index (χ3v) is 3.71. The van der Waals surface area contributed by atoms with E-state index in [4.69, 9.17) is 0 Å². The summed E-state index contributed by atoms with van der Waals surface area (Å²) in [6, 6.07) is 7.02. The molecule has 22 heavy (non-hydrogen) atoms. The van der Waals surface area contributed by atoms with Crippen LogP contribution in [0.25, 0.3) is 11.4 Å². The molecule has 0 bridgehead atoms. The van der Waals surface area contributed by atoms with Crippen LogP contribution in [0.15, 0.2) is 36.9 Å². The second-order valence-corrected chi connectivity index (χ2v) is 5.60. The molecule has 1 aromatic heterocycles. The first kappa shape index (κ1) is 16.3. The molecule has 0 aliphatic rings. The van der Waals surface area contributed by atoms with Crippen molar-refractivity contribution in [3.63, 3.8) is 0 Å². The summed E-state index contributed by atoms with van der Waals surface area (Å²) in [6.07, 6.45) is 11.6. The molecule has 0 saturated carbocycles. The maximum absolute atomic E-state index is 9.49. The number of hydrogen-bond donors (Lipinski definition) is 2. The van der Waals surface area contributed by atoms with Gasteiger partial charge in [0.25, 0.3) is 0 Å². The first-order chi connectivity index (χ1) is 10.8. The van der Waals surface area contributed by atoms with Crippen LogP contribution in [0.5, 0.6) is 5.75 Å². The van der Waals surface area contributed by atoms with Gasteiger partial charge in [0, 0.05) is 12.0 Å². The van der Waals surface area contributed by atoms with E-state index in [-0.39, 0.29) is 5.75 Å². The summed E-state index contributed by atoms with van der Waals surface area (Å²) >= 11 is 0. The SMILES string of the molecule is C=CCCCCCCCCc1nc(-c2cccc(O)c2)n[nH]1. The first-order valence-electron chi connectivity index (χ1n) is 8.11. The molecule has 118 valence electrons. The Morgan fingerprint density at radius 3 is 2.64 bits per heavy atom. The molecular formula is C18H25N3O. The average molecular weight is 299 g/mol. The minimum absolute atomic E-state index is 0.236. The lowest BCUT2D eigenvalue weighted by atomic mass is 10.1. The minimum atomic E-state index is 0.236. The van der Waals surface area contributed by atoms with E-state index in [2.05, 4.69) is 21.8 Å². The van der Waals surface area contributed by atoms with Crippen LogP contribution in [0.1, 0.15) is 50.8 Å². The van der Waals surface area contributed by atoms with Crippen LogP contribution in [0.4, 0.5) is 0 Å². The average Bonchev–Trinajstić information content (AvgIpc) is 2.99. The zero-order chi connectivity index (χ0) is 15.6. The molecule has 0 spiro atoms. The van der Waals surface area contributed by atoms with Crippen LogP contribution in [-0.4, -0.2) is 20.3 Å². The fourth-order valence-corrected chi connectivity index (χ4v) is 2.47. The predicted octanol–water partition coefficient (Wildman–Crippen LogP) is 4.64. The highest BCUT2D eigenvalue weighted by atomic mass is 16.3. The fraction of sp³-hybridized carbons (Fsp3) is 0.444. The molecule has 2 rings (SSSR count). The number of benzene rings is 1. The van der Waals surface area contributed by atoms with Crippen LogP contribution in [0.2, 0.25) is 0 Å². The van der Waals surface area contributed by atoms with Gasteiger partial charge in [-0.15, -0.1) is 6.58 Å². The molecule has 0 aliphatic heterocycles. The highest BCUT2D eigenvalue weighted by molar-refractivity contribution is 5.56. The van der Waals surface area contributed by atoms with Gasteiger partial charge < -0.3 is 5.11 Å². The normalized spacial score (nSPS) is 10.7. The molecule has 0 radical (unpaired) electrons. The van der Waals surface area contributed by atoms with Crippen LogP contribution in [-0.2, 0) is 6.42 Å². The van der Waals surface area contributed by atoms with Crippen LogP contribution in [0.3, 0.4) is 0 Å². The summed E-state index contributed by atoms with van der Waals surface area (Å²) < 4.78 is 0. The number of hydrogen-bond acceptors (Lipinski definition) is 3. The van der Waals surface area contributed by atoms with Gasteiger partial charge in [0.05, 0.1) is 0 Å². The Morgan fingerprint density at radius 2 is 1.86 bits per heavy atom. The number of phenols is 1. The number of H-pyrrole nitrogens is 1. The molecule has 2 aromatic rings. The fourth-order valence-electron chi connectivity index (χ4n) is 2.47. The minimum Gasteiger partial charge on any atom is -0.508 e. The van der Waals surface area contributed by atoms with Gasteiger partial charge in [-0.1, -0.05) is 43.9 Å². The molecule has 0 fully saturated rings. The maximum atomic E-state index is 9.49. The molecule has 0 aliphatic carbocycles. The molecule has 4 nitrogen and oxygen atoms in total. The second kappa shape index (κ2) is 9.03. The number of rotatable bonds is 10. The van der Waals surface area contributed by atoms with Crippen molar-refractivity contribution < 1.29 is 5.11 Å². The Labute approximate surface area is 132 Å². The van der Waals surface area contributed by atoms with E-state index in [1.165, 1.54) is 32.1 Å². The van der Waals surface area contributed by atoms with Gasteiger partial charge in [-0.25, -0.2) is 4.98 Å². The topological polar surface area (TPSA) is 61.8 Å². The first-order valence-corrected chi connectivity index (χ1v) is 8.11. The van der Waals surface area contributed by atoms with Gasteiger partial charge in [-0.05, 0) is 31.4 Å². The van der Waals surface area contributed by atoms with Crippen LogP contribution in [0, 0.1) is 0 Å². The van der Waals surface area contributed by atoms with Crippen molar-refractivity contribution in [1.82, 2.24) is 15.2 Å². The van der Waals surface area contributed by atoms with E-state index < -0.39 is 0 Å². The predicted molar refractivity (Wildman–Crippen MR) is 89.7 cm³/mol. The van der Waals surface area contributed by atoms with Crippen molar-refractivity contribution in [1.29, 1.82) is 0 Å². The summed E-state index contributed by atoms with van der Waals surface area (Å²) in [4.78, 5) is 4.49. The molecule has 4 heteroatoms. The summed E-state index contributed by atoms with van der Waals surface area (Å²) in [6.45, 7) is 3.74. The molecule has 0 unspecified atom stereocenters. The number of aryl methyl sites for hydroxylation is 1. The molecule has 1 heterocycles. The zero-order valence-electron chi connectivity index (χ0n) is 13.1. The Morgan fingerprint density at radius 1 is 1.09 bits per heavy atom. The third-order valence-electron chi connectivity index (χ3n) is 3.71. The number of nitrogens with one attached hydrogen (secondary N) is 1. The summed E-state index contributed by atoms with van der Waals surface area (Å²) in [5.41, 5.74) is 0.838. The lowest BCUT2D eigenvalue weighted by Crippen LogP contribution is -1.89. The number of phenolic OH excluding ortho intramolecular Hbond substituents is 1. The number of aromatic amines is 1. The number of aromatic hydroxyl groups is 1. The summed E-state index contributed by atoms with van der Waals surface area (Å²) in [7, 11) is 0. The zero-order valence-corrected chi connectivity index (χ0v) is 13.1. The molecule has 0 saturated heterocycles. The van der Waals surface area contributed by atoms with Gasteiger partial charge in [-0.3, -0.25) is 5.10 Å². The van der Waals surface area contributed by atoms with E-state index in [0.717, 1.165) is 30.7 Å². The molecule has 0 atom stereocenters. The standard InChI is InChI=1S/C18H25N3O/c1-2-3-4-5-6-7-8-9-13-17-19-18(21-20-17)15-11-10-12-16(22)14-15/h2,10-12,14,22H,1,3-9,13H2,(H,19,20,21). The lowest BCUT2D eigenvalue weighted by Gasteiger charge is -1.99. The second-order valence-electron chi connectivity index (χ2n) is 5.60. The molecule has 0 amide bonds. The number of nitrogens with zero attached hydrogens (tertiary/aromatic N) is 2. The van der Waals surface area contributed by atoms with Crippen molar-refractivity contribution in [3.8, 4) is 17.1 Å². The van der Waals surface area contributed by atoms with E-state index in [0.29, 0.717) is 5.82 Å². The van der Waals surface area contributed by atoms with Crippen LogP contribution < -0.4 is 0 Å². The van der Waals surface area contributed by atoms with Crippen LogP contribution >= 0.6 is 0 Å². The Hall–Kier alpha value is -2.10. The number of allylic oxidation sites excluding steroid dienone is 1. The van der Waals surface area contributed by atoms with Gasteiger partial charge in [0.1, 0.15) is 11.6 Å². The molecule has 1 aromatic carbocycles. The van der Waals surface area contributed by atoms with Crippen molar-refractivity contribution in [2.75, 3.05) is 0 Å². The largest absolute Gasteiger partial charge is 0.508 e. The quantitative estimate of drug-likeness (QED) is 0.496. The highest BCUT2D eigenvalue weighted by Crippen LogP contribution is 2.20. The van der Waals surface area contributed by atoms with E-state index >= 15 is 0 Å². The van der Waals surface area contributed by atoms with Gasteiger partial charge in [0.2, 0.25) is 0 Å². The monoisotopic (exact) mass is 299 g/mol. The number of unbranched alkanes of at least 4 members (excludes halogenated alkanes) is 6. The van der Waals surface area contributed by atoms with Gasteiger partial charge in [0.15, 0.2) is 5.82 Å². The summed E-state index contributed by atoms with van der Waals surface area (Å²) in [5.74, 6) is 1.81. The van der Waals surface area contributed by atoms with Gasteiger partial charge >= 0.3 is 0 Å². The Kier molecular flexibility index (Phi) is 6.68. The molecule has 2 N–H and O–H groups in total. The Balaban J connectivity index is 1.68.